The topological polar surface area (TPSA) is 17.1 Å². The second-order valence-corrected chi connectivity index (χ2v) is 4.64. The molecule has 0 saturated carbocycles. The standard InChI is InChI=1S/C15H12ClFO/c1-9-3-6-15(17)13(7-9)11-4-5-12(10(2)18)14(16)8-11/h3-8H,1-2H3. The Morgan fingerprint density at radius 3 is 2.50 bits per heavy atom. The minimum atomic E-state index is -0.299. The van der Waals surface area contributed by atoms with Crippen LogP contribution in [0.1, 0.15) is 22.8 Å². The Morgan fingerprint density at radius 1 is 1.17 bits per heavy atom. The van der Waals surface area contributed by atoms with Crippen LogP contribution in [0, 0.1) is 12.7 Å². The average molecular weight is 263 g/mol. The lowest BCUT2D eigenvalue weighted by Gasteiger charge is -2.07. The summed E-state index contributed by atoms with van der Waals surface area (Å²) in [5.74, 6) is -0.400. The molecule has 2 aromatic rings. The van der Waals surface area contributed by atoms with E-state index >= 15 is 0 Å². The number of carbonyl (C=O) groups is 1. The van der Waals surface area contributed by atoms with Gasteiger partial charge in [-0.1, -0.05) is 29.3 Å². The van der Waals surface area contributed by atoms with Crippen LogP contribution >= 0.6 is 11.6 Å². The van der Waals surface area contributed by atoms with Gasteiger partial charge >= 0.3 is 0 Å². The zero-order valence-electron chi connectivity index (χ0n) is 10.1. The van der Waals surface area contributed by atoms with E-state index < -0.39 is 0 Å². The summed E-state index contributed by atoms with van der Waals surface area (Å²) < 4.78 is 13.7. The minimum Gasteiger partial charge on any atom is -0.294 e. The molecule has 2 aromatic carbocycles. The zero-order chi connectivity index (χ0) is 13.3. The van der Waals surface area contributed by atoms with E-state index in [0.717, 1.165) is 5.56 Å². The lowest BCUT2D eigenvalue weighted by molar-refractivity contribution is 0.101. The second kappa shape index (κ2) is 4.91. The number of aryl methyl sites for hydroxylation is 1. The Morgan fingerprint density at radius 2 is 1.89 bits per heavy atom. The highest BCUT2D eigenvalue weighted by atomic mass is 35.5. The van der Waals surface area contributed by atoms with Crippen molar-refractivity contribution in [1.82, 2.24) is 0 Å². The number of benzene rings is 2. The van der Waals surface area contributed by atoms with Crippen LogP contribution in [0.4, 0.5) is 4.39 Å². The average Bonchev–Trinajstić information content (AvgIpc) is 2.31. The highest BCUT2D eigenvalue weighted by Gasteiger charge is 2.10. The quantitative estimate of drug-likeness (QED) is 0.720. The third-order valence-electron chi connectivity index (χ3n) is 2.78. The van der Waals surface area contributed by atoms with E-state index in [4.69, 9.17) is 11.6 Å². The van der Waals surface area contributed by atoms with Gasteiger partial charge in [0.2, 0.25) is 0 Å². The van der Waals surface area contributed by atoms with Crippen molar-refractivity contribution in [3.05, 3.63) is 58.4 Å². The molecule has 0 spiro atoms. The zero-order valence-corrected chi connectivity index (χ0v) is 10.9. The first kappa shape index (κ1) is 12.8. The molecule has 0 unspecified atom stereocenters. The third kappa shape index (κ3) is 2.44. The lowest BCUT2D eigenvalue weighted by Crippen LogP contribution is -1.94. The van der Waals surface area contributed by atoms with Gasteiger partial charge in [-0.05, 0) is 43.7 Å². The Kier molecular flexibility index (Phi) is 3.48. The van der Waals surface area contributed by atoms with Crippen LogP contribution < -0.4 is 0 Å². The van der Waals surface area contributed by atoms with E-state index in [1.54, 1.807) is 30.3 Å². The molecule has 3 heteroatoms. The number of rotatable bonds is 2. The molecular formula is C15H12ClFO. The van der Waals surface area contributed by atoms with Crippen LogP contribution in [0.5, 0.6) is 0 Å². The number of hydrogen-bond acceptors (Lipinski definition) is 1. The fourth-order valence-corrected chi connectivity index (χ4v) is 2.14. The van der Waals surface area contributed by atoms with Gasteiger partial charge in [0.15, 0.2) is 5.78 Å². The lowest BCUT2D eigenvalue weighted by atomic mass is 10.0. The van der Waals surface area contributed by atoms with Gasteiger partial charge in [0.1, 0.15) is 5.82 Å². The summed E-state index contributed by atoms with van der Waals surface area (Å²) in [5, 5.41) is 0.348. The van der Waals surface area contributed by atoms with Gasteiger partial charge in [-0.2, -0.15) is 0 Å². The van der Waals surface area contributed by atoms with E-state index in [1.165, 1.54) is 13.0 Å². The fourth-order valence-electron chi connectivity index (χ4n) is 1.83. The molecule has 0 heterocycles. The van der Waals surface area contributed by atoms with E-state index in [0.29, 0.717) is 21.7 Å². The van der Waals surface area contributed by atoms with E-state index in [2.05, 4.69) is 0 Å². The minimum absolute atomic E-state index is 0.101. The summed E-state index contributed by atoms with van der Waals surface area (Å²) in [5.41, 5.74) is 2.59. The van der Waals surface area contributed by atoms with Crippen molar-refractivity contribution in [2.75, 3.05) is 0 Å². The van der Waals surface area contributed by atoms with E-state index in [1.807, 2.05) is 6.92 Å². The monoisotopic (exact) mass is 262 g/mol. The molecule has 0 amide bonds. The van der Waals surface area contributed by atoms with Crippen molar-refractivity contribution in [2.45, 2.75) is 13.8 Å². The Labute approximate surface area is 110 Å². The molecule has 0 fully saturated rings. The molecule has 0 atom stereocenters. The Hall–Kier alpha value is -1.67. The van der Waals surface area contributed by atoms with Crippen molar-refractivity contribution in [3.8, 4) is 11.1 Å². The van der Waals surface area contributed by atoms with Crippen LogP contribution in [0.15, 0.2) is 36.4 Å². The van der Waals surface area contributed by atoms with Gasteiger partial charge in [0, 0.05) is 11.1 Å². The number of ketones is 1. The first-order valence-corrected chi connectivity index (χ1v) is 5.94. The molecular weight excluding hydrogens is 251 g/mol. The van der Waals surface area contributed by atoms with Crippen molar-refractivity contribution in [2.24, 2.45) is 0 Å². The molecule has 0 aliphatic rings. The molecule has 18 heavy (non-hydrogen) atoms. The van der Waals surface area contributed by atoms with Crippen molar-refractivity contribution in [3.63, 3.8) is 0 Å². The molecule has 0 aliphatic carbocycles. The summed E-state index contributed by atoms with van der Waals surface area (Å²) in [6, 6.07) is 9.86. The number of hydrogen-bond donors (Lipinski definition) is 0. The Balaban J connectivity index is 2.55. The number of halogens is 2. The summed E-state index contributed by atoms with van der Waals surface area (Å²) in [6.07, 6.45) is 0. The summed E-state index contributed by atoms with van der Waals surface area (Å²) in [4.78, 5) is 11.3. The molecule has 1 nitrogen and oxygen atoms in total. The molecule has 0 bridgehead atoms. The van der Waals surface area contributed by atoms with Crippen LogP contribution in [0.3, 0.4) is 0 Å². The van der Waals surface area contributed by atoms with Crippen molar-refractivity contribution in [1.29, 1.82) is 0 Å². The highest BCUT2D eigenvalue weighted by Crippen LogP contribution is 2.28. The van der Waals surface area contributed by atoms with Crippen LogP contribution in [-0.4, -0.2) is 5.78 Å². The maximum atomic E-state index is 13.7. The second-order valence-electron chi connectivity index (χ2n) is 4.23. The van der Waals surface area contributed by atoms with Crippen LogP contribution in [-0.2, 0) is 0 Å². The molecule has 0 aliphatic heterocycles. The number of carbonyl (C=O) groups excluding carboxylic acids is 1. The van der Waals surface area contributed by atoms with Crippen molar-refractivity contribution >= 4 is 17.4 Å². The van der Waals surface area contributed by atoms with E-state index in [-0.39, 0.29) is 11.6 Å². The summed E-state index contributed by atoms with van der Waals surface area (Å²) in [7, 11) is 0. The molecule has 92 valence electrons. The maximum absolute atomic E-state index is 13.7. The maximum Gasteiger partial charge on any atom is 0.161 e. The SMILES string of the molecule is CC(=O)c1ccc(-c2cc(C)ccc2F)cc1Cl. The first-order chi connectivity index (χ1) is 8.49. The normalized spacial score (nSPS) is 10.4. The fraction of sp³-hybridized carbons (Fsp3) is 0.133. The van der Waals surface area contributed by atoms with Crippen LogP contribution in [0.25, 0.3) is 11.1 Å². The molecule has 0 radical (unpaired) electrons. The van der Waals surface area contributed by atoms with Crippen molar-refractivity contribution < 1.29 is 9.18 Å². The smallest absolute Gasteiger partial charge is 0.161 e. The first-order valence-electron chi connectivity index (χ1n) is 5.56. The predicted octanol–water partition coefficient (Wildman–Crippen LogP) is 4.66. The van der Waals surface area contributed by atoms with Gasteiger partial charge in [-0.15, -0.1) is 0 Å². The van der Waals surface area contributed by atoms with Gasteiger partial charge in [0.25, 0.3) is 0 Å². The molecule has 2 rings (SSSR count). The van der Waals surface area contributed by atoms with Crippen LogP contribution in [0.2, 0.25) is 5.02 Å². The van der Waals surface area contributed by atoms with Gasteiger partial charge in [-0.25, -0.2) is 4.39 Å². The summed E-state index contributed by atoms with van der Waals surface area (Å²) in [6.45, 7) is 3.35. The van der Waals surface area contributed by atoms with Gasteiger partial charge in [0.05, 0.1) is 5.02 Å². The third-order valence-corrected chi connectivity index (χ3v) is 3.09. The predicted molar refractivity (Wildman–Crippen MR) is 71.6 cm³/mol. The largest absolute Gasteiger partial charge is 0.294 e. The van der Waals surface area contributed by atoms with Gasteiger partial charge in [-0.3, -0.25) is 4.79 Å². The number of Topliss-reactive ketones (excluding diaryl/α,β-unsaturated/α-hetero) is 1. The molecule has 0 aromatic heterocycles. The summed E-state index contributed by atoms with van der Waals surface area (Å²) >= 11 is 6.02. The molecule has 0 N–H and O–H groups in total. The Bertz CT molecular complexity index is 620. The van der Waals surface area contributed by atoms with E-state index in [9.17, 15) is 9.18 Å². The highest BCUT2D eigenvalue weighted by molar-refractivity contribution is 6.34. The van der Waals surface area contributed by atoms with Gasteiger partial charge < -0.3 is 0 Å². The molecule has 0 saturated heterocycles.